The van der Waals surface area contributed by atoms with E-state index in [1.54, 1.807) is 0 Å². The summed E-state index contributed by atoms with van der Waals surface area (Å²) in [6, 6.07) is 7.19. The number of anilines is 1. The highest BCUT2D eigenvalue weighted by Crippen LogP contribution is 2.15. The molecule has 4 heteroatoms. The Hall–Kier alpha value is -1.71. The molecule has 0 saturated heterocycles. The molecule has 19 heavy (non-hydrogen) atoms. The van der Waals surface area contributed by atoms with Gasteiger partial charge in [-0.15, -0.1) is 0 Å². The summed E-state index contributed by atoms with van der Waals surface area (Å²) in [4.78, 5) is 11.6. The van der Waals surface area contributed by atoms with Gasteiger partial charge in [0.25, 0.3) is 0 Å². The van der Waals surface area contributed by atoms with Crippen molar-refractivity contribution < 1.29 is 9.53 Å². The summed E-state index contributed by atoms with van der Waals surface area (Å²) in [7, 11) is 0. The minimum absolute atomic E-state index is 0.159. The van der Waals surface area contributed by atoms with Crippen LogP contribution in [0.2, 0.25) is 0 Å². The predicted molar refractivity (Wildman–Crippen MR) is 78.7 cm³/mol. The summed E-state index contributed by atoms with van der Waals surface area (Å²) in [6.45, 7) is 7.65. The van der Waals surface area contributed by atoms with Crippen LogP contribution < -0.4 is 15.4 Å². The number of amides is 2. The van der Waals surface area contributed by atoms with E-state index in [-0.39, 0.29) is 6.03 Å². The number of hydrogen-bond acceptors (Lipinski definition) is 2. The third-order valence-electron chi connectivity index (χ3n) is 2.67. The first-order valence-electron chi connectivity index (χ1n) is 6.89. The molecule has 106 valence electrons. The standard InChI is InChI=1S/C15H24N2O2/c1-4-19-14-9-7-13(8-10-14)17-15(18)16-11-5-6-12(2)3/h7-10,12H,4-6,11H2,1-3H3,(H2,16,17,18). The molecule has 0 aromatic heterocycles. The molecular weight excluding hydrogens is 240 g/mol. The average Bonchev–Trinajstić information content (AvgIpc) is 2.37. The fourth-order valence-corrected chi connectivity index (χ4v) is 1.69. The molecule has 0 aliphatic carbocycles. The van der Waals surface area contributed by atoms with Crippen LogP contribution in [0.15, 0.2) is 24.3 Å². The Bertz CT molecular complexity index is 374. The van der Waals surface area contributed by atoms with Crippen LogP contribution in [0.4, 0.5) is 10.5 Å². The van der Waals surface area contributed by atoms with Crippen molar-refractivity contribution in [3.8, 4) is 5.75 Å². The Kier molecular flexibility index (Phi) is 6.79. The van der Waals surface area contributed by atoms with Crippen molar-refractivity contribution in [2.75, 3.05) is 18.5 Å². The lowest BCUT2D eigenvalue weighted by Gasteiger charge is -2.09. The van der Waals surface area contributed by atoms with Crippen LogP contribution in [0, 0.1) is 5.92 Å². The first-order valence-corrected chi connectivity index (χ1v) is 6.89. The van der Waals surface area contributed by atoms with E-state index in [1.807, 2.05) is 31.2 Å². The molecule has 1 rings (SSSR count). The fraction of sp³-hybridized carbons (Fsp3) is 0.533. The second kappa shape index (κ2) is 8.40. The number of carbonyl (C=O) groups excluding carboxylic acids is 1. The molecule has 0 aliphatic rings. The smallest absolute Gasteiger partial charge is 0.319 e. The lowest BCUT2D eigenvalue weighted by Crippen LogP contribution is -2.29. The Morgan fingerprint density at radius 2 is 1.95 bits per heavy atom. The number of carbonyl (C=O) groups is 1. The summed E-state index contributed by atoms with van der Waals surface area (Å²) < 4.78 is 5.34. The van der Waals surface area contributed by atoms with Crippen molar-refractivity contribution in [3.05, 3.63) is 24.3 Å². The third-order valence-corrected chi connectivity index (χ3v) is 2.67. The molecule has 0 spiro atoms. The van der Waals surface area contributed by atoms with Gasteiger partial charge in [0, 0.05) is 12.2 Å². The van der Waals surface area contributed by atoms with Gasteiger partial charge in [0.15, 0.2) is 0 Å². The van der Waals surface area contributed by atoms with Crippen LogP contribution in [-0.2, 0) is 0 Å². The van der Waals surface area contributed by atoms with Crippen molar-refractivity contribution >= 4 is 11.7 Å². The van der Waals surface area contributed by atoms with Crippen molar-refractivity contribution in [3.63, 3.8) is 0 Å². The van der Waals surface area contributed by atoms with Gasteiger partial charge in [0.05, 0.1) is 6.61 Å². The number of hydrogen-bond donors (Lipinski definition) is 2. The minimum atomic E-state index is -0.159. The third kappa shape index (κ3) is 6.70. The maximum atomic E-state index is 11.6. The average molecular weight is 264 g/mol. The van der Waals surface area contributed by atoms with E-state index in [0.29, 0.717) is 19.1 Å². The second-order valence-corrected chi connectivity index (χ2v) is 4.87. The van der Waals surface area contributed by atoms with Crippen LogP contribution >= 0.6 is 0 Å². The zero-order valence-corrected chi connectivity index (χ0v) is 12.0. The number of benzene rings is 1. The highest BCUT2D eigenvalue weighted by atomic mass is 16.5. The summed E-state index contributed by atoms with van der Waals surface area (Å²) in [5.41, 5.74) is 0.768. The summed E-state index contributed by atoms with van der Waals surface area (Å²) in [6.07, 6.45) is 2.14. The van der Waals surface area contributed by atoms with E-state index < -0.39 is 0 Å². The van der Waals surface area contributed by atoms with Gasteiger partial charge in [-0.05, 0) is 49.9 Å². The number of urea groups is 1. The van der Waals surface area contributed by atoms with Crippen molar-refractivity contribution in [1.82, 2.24) is 5.32 Å². The zero-order valence-electron chi connectivity index (χ0n) is 12.0. The highest BCUT2D eigenvalue weighted by molar-refractivity contribution is 5.89. The summed E-state index contributed by atoms with van der Waals surface area (Å²) in [5, 5.41) is 5.64. The van der Waals surface area contributed by atoms with Crippen LogP contribution in [0.1, 0.15) is 33.6 Å². The Balaban J connectivity index is 2.27. The molecule has 0 atom stereocenters. The minimum Gasteiger partial charge on any atom is -0.494 e. The van der Waals surface area contributed by atoms with Gasteiger partial charge in [0.2, 0.25) is 0 Å². The van der Waals surface area contributed by atoms with Gasteiger partial charge >= 0.3 is 6.03 Å². The van der Waals surface area contributed by atoms with E-state index in [1.165, 1.54) is 0 Å². The Morgan fingerprint density at radius 1 is 1.26 bits per heavy atom. The Morgan fingerprint density at radius 3 is 2.53 bits per heavy atom. The number of ether oxygens (including phenoxy) is 1. The van der Waals surface area contributed by atoms with Crippen LogP contribution in [-0.4, -0.2) is 19.2 Å². The van der Waals surface area contributed by atoms with E-state index in [4.69, 9.17) is 4.74 Å². The molecule has 4 nitrogen and oxygen atoms in total. The SMILES string of the molecule is CCOc1ccc(NC(=O)NCCCC(C)C)cc1. The van der Waals surface area contributed by atoms with Gasteiger partial charge in [0.1, 0.15) is 5.75 Å². The molecule has 2 N–H and O–H groups in total. The van der Waals surface area contributed by atoms with Gasteiger partial charge in [-0.25, -0.2) is 4.79 Å². The normalized spacial score (nSPS) is 10.3. The second-order valence-electron chi connectivity index (χ2n) is 4.87. The molecule has 0 aliphatic heterocycles. The van der Waals surface area contributed by atoms with E-state index >= 15 is 0 Å². The topological polar surface area (TPSA) is 50.4 Å². The molecule has 0 heterocycles. The predicted octanol–water partition coefficient (Wildman–Crippen LogP) is 3.64. The van der Waals surface area contributed by atoms with E-state index in [9.17, 15) is 4.79 Å². The lowest BCUT2D eigenvalue weighted by molar-refractivity contribution is 0.251. The summed E-state index contributed by atoms with van der Waals surface area (Å²) in [5.74, 6) is 1.49. The van der Waals surface area contributed by atoms with Gasteiger partial charge < -0.3 is 15.4 Å². The molecule has 0 fully saturated rings. The van der Waals surface area contributed by atoms with Crippen LogP contribution in [0.5, 0.6) is 5.75 Å². The van der Waals surface area contributed by atoms with Crippen molar-refractivity contribution in [1.29, 1.82) is 0 Å². The van der Waals surface area contributed by atoms with Crippen LogP contribution in [0.3, 0.4) is 0 Å². The van der Waals surface area contributed by atoms with Gasteiger partial charge in [-0.3, -0.25) is 0 Å². The molecule has 0 saturated carbocycles. The largest absolute Gasteiger partial charge is 0.494 e. The maximum Gasteiger partial charge on any atom is 0.319 e. The molecule has 0 radical (unpaired) electrons. The lowest BCUT2D eigenvalue weighted by atomic mass is 10.1. The number of nitrogens with one attached hydrogen (secondary N) is 2. The highest BCUT2D eigenvalue weighted by Gasteiger charge is 2.01. The first kappa shape index (κ1) is 15.3. The van der Waals surface area contributed by atoms with E-state index in [0.717, 1.165) is 24.3 Å². The first-order chi connectivity index (χ1) is 9.11. The molecule has 1 aromatic carbocycles. The monoisotopic (exact) mass is 264 g/mol. The molecule has 1 aromatic rings. The molecule has 2 amide bonds. The van der Waals surface area contributed by atoms with Crippen LogP contribution in [0.25, 0.3) is 0 Å². The summed E-state index contributed by atoms with van der Waals surface area (Å²) >= 11 is 0. The maximum absolute atomic E-state index is 11.6. The Labute approximate surface area is 115 Å². The fourth-order valence-electron chi connectivity index (χ4n) is 1.69. The molecular formula is C15H24N2O2. The number of rotatable bonds is 7. The molecule has 0 unspecified atom stereocenters. The van der Waals surface area contributed by atoms with Gasteiger partial charge in [-0.2, -0.15) is 0 Å². The molecule has 0 bridgehead atoms. The zero-order chi connectivity index (χ0) is 14.1. The van der Waals surface area contributed by atoms with E-state index in [2.05, 4.69) is 24.5 Å². The van der Waals surface area contributed by atoms with Crippen molar-refractivity contribution in [2.45, 2.75) is 33.6 Å². The quantitative estimate of drug-likeness (QED) is 0.739. The van der Waals surface area contributed by atoms with Crippen molar-refractivity contribution in [2.24, 2.45) is 5.92 Å². The van der Waals surface area contributed by atoms with Gasteiger partial charge in [-0.1, -0.05) is 13.8 Å².